The van der Waals surface area contributed by atoms with Crippen molar-refractivity contribution in [1.29, 1.82) is 0 Å². The Balaban J connectivity index is 1.36. The minimum absolute atomic E-state index is 0.0551. The highest BCUT2D eigenvalue weighted by atomic mass is 32.2. The molecular weight excluding hydrogens is 492 g/mol. The highest BCUT2D eigenvalue weighted by molar-refractivity contribution is 7.89. The van der Waals surface area contributed by atoms with Crippen molar-refractivity contribution in [2.75, 3.05) is 13.1 Å². The molecule has 0 spiro atoms. The van der Waals surface area contributed by atoms with Crippen LogP contribution in [0.5, 0.6) is 0 Å². The first-order valence-electron chi connectivity index (χ1n) is 11.8. The number of piperidine rings is 2. The second kappa shape index (κ2) is 9.04. The molecule has 3 heterocycles. The number of fused-ring (bicyclic) bond motifs is 1. The predicted octanol–water partition coefficient (Wildman–Crippen LogP) is 2.60. The summed E-state index contributed by atoms with van der Waals surface area (Å²) in [4.78, 5) is 38.4. The molecule has 2 fully saturated rings. The van der Waals surface area contributed by atoms with Gasteiger partial charge in [0.1, 0.15) is 17.7 Å². The lowest BCUT2D eigenvalue weighted by molar-refractivity contribution is -0.136. The minimum Gasteiger partial charge on any atom is -0.322 e. The number of amides is 3. The summed E-state index contributed by atoms with van der Waals surface area (Å²) in [6.07, 6.45) is 1.17. The van der Waals surface area contributed by atoms with Crippen molar-refractivity contribution in [1.82, 2.24) is 14.5 Å². The number of halogens is 2. The minimum atomic E-state index is -3.82. The molecule has 0 saturated carbocycles. The van der Waals surface area contributed by atoms with Crippen molar-refractivity contribution in [3.8, 4) is 0 Å². The Morgan fingerprint density at radius 1 is 0.972 bits per heavy atom. The van der Waals surface area contributed by atoms with Gasteiger partial charge in [-0.3, -0.25) is 19.7 Å². The molecule has 3 amide bonds. The van der Waals surface area contributed by atoms with Gasteiger partial charge in [-0.05, 0) is 79.1 Å². The maximum Gasteiger partial charge on any atom is 0.255 e. The number of hydrogen-bond acceptors (Lipinski definition) is 5. The van der Waals surface area contributed by atoms with Gasteiger partial charge in [0.15, 0.2) is 0 Å². The molecule has 5 rings (SSSR count). The van der Waals surface area contributed by atoms with E-state index in [4.69, 9.17) is 0 Å². The summed E-state index contributed by atoms with van der Waals surface area (Å²) in [6.45, 7) is 2.06. The van der Waals surface area contributed by atoms with Crippen LogP contribution in [0.4, 0.5) is 8.78 Å². The van der Waals surface area contributed by atoms with Crippen LogP contribution in [0.3, 0.4) is 0 Å². The molecule has 1 N–H and O–H groups in total. The fourth-order valence-electron chi connectivity index (χ4n) is 5.47. The van der Waals surface area contributed by atoms with Gasteiger partial charge in [-0.15, -0.1) is 0 Å². The van der Waals surface area contributed by atoms with E-state index in [1.807, 2.05) is 0 Å². The molecule has 2 saturated heterocycles. The summed E-state index contributed by atoms with van der Waals surface area (Å²) < 4.78 is 55.7. The molecule has 8 nitrogen and oxygen atoms in total. The van der Waals surface area contributed by atoms with E-state index >= 15 is 0 Å². The van der Waals surface area contributed by atoms with Crippen LogP contribution >= 0.6 is 0 Å². The summed E-state index contributed by atoms with van der Waals surface area (Å²) in [5.41, 5.74) is 1.81. The molecule has 2 aromatic carbocycles. The van der Waals surface area contributed by atoms with Crippen LogP contribution in [-0.4, -0.2) is 54.5 Å². The second-order valence-corrected chi connectivity index (χ2v) is 11.4. The van der Waals surface area contributed by atoms with E-state index in [2.05, 4.69) is 5.32 Å². The Kier molecular flexibility index (Phi) is 6.16. The quantitative estimate of drug-likeness (QED) is 0.628. The van der Waals surface area contributed by atoms with Crippen molar-refractivity contribution >= 4 is 27.7 Å². The lowest BCUT2D eigenvalue weighted by Gasteiger charge is -2.33. The van der Waals surface area contributed by atoms with E-state index in [0.29, 0.717) is 29.5 Å². The predicted molar refractivity (Wildman–Crippen MR) is 124 cm³/mol. The molecule has 0 bridgehead atoms. The van der Waals surface area contributed by atoms with Crippen molar-refractivity contribution in [3.05, 3.63) is 64.2 Å². The second-order valence-electron chi connectivity index (χ2n) is 9.51. The monoisotopic (exact) mass is 517 g/mol. The van der Waals surface area contributed by atoms with Crippen molar-refractivity contribution in [2.45, 2.75) is 56.0 Å². The van der Waals surface area contributed by atoms with Crippen LogP contribution in [-0.2, 0) is 26.2 Å². The Labute approximate surface area is 207 Å². The number of imide groups is 1. The van der Waals surface area contributed by atoms with Crippen molar-refractivity contribution in [3.63, 3.8) is 0 Å². The topological polar surface area (TPSA) is 104 Å². The van der Waals surface area contributed by atoms with Crippen molar-refractivity contribution < 1.29 is 31.6 Å². The van der Waals surface area contributed by atoms with E-state index in [-0.39, 0.29) is 54.8 Å². The zero-order chi connectivity index (χ0) is 25.8. The standard InChI is InChI=1S/C25H25F2N3O5S/c1-14-10-16(26)2-4-22(14)36(34,35)29-8-6-15(7-9-29)18-11-17(27)12-19-20(18)13-30(25(19)33)21-3-5-23(31)28-24(21)32/h2,4,10-12,15,21H,3,5-9,13H2,1H3,(H,28,31,32). The smallest absolute Gasteiger partial charge is 0.255 e. The van der Waals surface area contributed by atoms with Gasteiger partial charge < -0.3 is 4.90 Å². The van der Waals surface area contributed by atoms with Crippen LogP contribution in [0, 0.1) is 18.6 Å². The third kappa shape index (κ3) is 4.20. The average molecular weight is 518 g/mol. The van der Waals surface area contributed by atoms with E-state index in [9.17, 15) is 31.6 Å². The van der Waals surface area contributed by atoms with E-state index in [1.165, 1.54) is 33.5 Å². The van der Waals surface area contributed by atoms with Gasteiger partial charge in [0.05, 0.1) is 4.90 Å². The van der Waals surface area contributed by atoms with Crippen LogP contribution < -0.4 is 5.32 Å². The molecule has 0 aromatic heterocycles. The van der Waals surface area contributed by atoms with Gasteiger partial charge in [-0.1, -0.05) is 0 Å². The Morgan fingerprint density at radius 3 is 2.36 bits per heavy atom. The first-order valence-corrected chi connectivity index (χ1v) is 13.2. The zero-order valence-corrected chi connectivity index (χ0v) is 20.4. The Bertz CT molecular complexity index is 1390. The largest absolute Gasteiger partial charge is 0.322 e. The molecule has 1 atom stereocenters. The van der Waals surface area contributed by atoms with Crippen LogP contribution in [0.25, 0.3) is 0 Å². The molecule has 3 aliphatic rings. The van der Waals surface area contributed by atoms with Gasteiger partial charge in [-0.25, -0.2) is 17.2 Å². The summed E-state index contributed by atoms with van der Waals surface area (Å²) in [7, 11) is -3.82. The highest BCUT2D eigenvalue weighted by Gasteiger charge is 2.41. The molecule has 3 aliphatic heterocycles. The number of hydrogen-bond donors (Lipinski definition) is 1. The van der Waals surface area contributed by atoms with E-state index in [0.717, 1.165) is 6.07 Å². The fraction of sp³-hybridized carbons (Fsp3) is 0.400. The van der Waals surface area contributed by atoms with Gasteiger partial charge in [0, 0.05) is 31.6 Å². The van der Waals surface area contributed by atoms with Crippen LogP contribution in [0.15, 0.2) is 35.2 Å². The molecular formula is C25H25F2N3O5S. The van der Waals surface area contributed by atoms with Crippen LogP contribution in [0.2, 0.25) is 0 Å². The van der Waals surface area contributed by atoms with Gasteiger partial charge in [0.2, 0.25) is 21.8 Å². The SMILES string of the molecule is Cc1cc(F)ccc1S(=O)(=O)N1CCC(c2cc(F)cc3c2CN(C2CCC(=O)NC2=O)C3=O)CC1. The third-order valence-electron chi connectivity index (χ3n) is 7.30. The molecule has 11 heteroatoms. The average Bonchev–Trinajstić information content (AvgIpc) is 3.14. The van der Waals surface area contributed by atoms with Crippen molar-refractivity contribution in [2.24, 2.45) is 0 Å². The van der Waals surface area contributed by atoms with E-state index in [1.54, 1.807) is 6.92 Å². The van der Waals surface area contributed by atoms with Gasteiger partial charge in [-0.2, -0.15) is 4.31 Å². The Morgan fingerprint density at radius 2 is 1.69 bits per heavy atom. The van der Waals surface area contributed by atoms with Gasteiger partial charge in [0.25, 0.3) is 5.91 Å². The lowest BCUT2D eigenvalue weighted by atomic mass is 9.86. The number of rotatable bonds is 4. The molecule has 2 aromatic rings. The maximum atomic E-state index is 14.6. The Hall–Kier alpha value is -3.18. The highest BCUT2D eigenvalue weighted by Crippen LogP contribution is 2.38. The number of carbonyl (C=O) groups excluding carboxylic acids is 3. The number of benzene rings is 2. The number of carbonyl (C=O) groups is 3. The zero-order valence-electron chi connectivity index (χ0n) is 19.6. The lowest BCUT2D eigenvalue weighted by Crippen LogP contribution is -2.52. The normalized spacial score (nSPS) is 21.6. The first kappa shape index (κ1) is 24.5. The molecule has 0 aliphatic carbocycles. The van der Waals surface area contributed by atoms with Gasteiger partial charge >= 0.3 is 0 Å². The number of sulfonamides is 1. The van der Waals surface area contributed by atoms with E-state index < -0.39 is 39.5 Å². The summed E-state index contributed by atoms with van der Waals surface area (Å²) in [5, 5.41) is 2.25. The number of aryl methyl sites for hydroxylation is 1. The molecule has 36 heavy (non-hydrogen) atoms. The molecule has 1 unspecified atom stereocenters. The number of nitrogens with one attached hydrogen (secondary N) is 1. The fourth-order valence-corrected chi connectivity index (χ4v) is 7.14. The third-order valence-corrected chi connectivity index (χ3v) is 9.36. The van der Waals surface area contributed by atoms with Crippen LogP contribution in [0.1, 0.15) is 58.6 Å². The maximum absolute atomic E-state index is 14.6. The first-order chi connectivity index (χ1) is 17.1. The number of nitrogens with zero attached hydrogens (tertiary/aromatic N) is 2. The summed E-state index contributed by atoms with van der Waals surface area (Å²) in [5.74, 6) is -2.63. The summed E-state index contributed by atoms with van der Waals surface area (Å²) >= 11 is 0. The molecule has 0 radical (unpaired) electrons. The molecule has 190 valence electrons. The summed E-state index contributed by atoms with van der Waals surface area (Å²) in [6, 6.07) is 5.32.